The number of nitrogens with zero attached hydrogens (tertiary/aromatic N) is 1. The van der Waals surface area contributed by atoms with Crippen LogP contribution in [0.1, 0.15) is 34.2 Å². The van der Waals surface area contributed by atoms with Gasteiger partial charge in [0.25, 0.3) is 5.91 Å². The lowest BCUT2D eigenvalue weighted by atomic mass is 10.1. The highest BCUT2D eigenvalue weighted by Crippen LogP contribution is 2.36. The Bertz CT molecular complexity index is 1300. The third-order valence-corrected chi connectivity index (χ3v) is 5.17. The van der Waals surface area contributed by atoms with Crippen LogP contribution in [0.15, 0.2) is 52.5 Å². The van der Waals surface area contributed by atoms with E-state index in [0.717, 1.165) is 11.1 Å². The minimum absolute atomic E-state index is 0.0102. The molecule has 3 rings (SSSR count). The number of benzene rings is 2. The summed E-state index contributed by atoms with van der Waals surface area (Å²) in [6.45, 7) is 5.57. The summed E-state index contributed by atoms with van der Waals surface area (Å²) in [5, 5.41) is 15.6. The van der Waals surface area contributed by atoms with Crippen LogP contribution in [0.3, 0.4) is 0 Å². The third kappa shape index (κ3) is 5.98. The largest absolute Gasteiger partial charge is 0.462 e. The Morgan fingerprint density at radius 3 is 2.44 bits per heavy atom. The molecule has 0 radical (unpaired) electrons. The van der Waals surface area contributed by atoms with Gasteiger partial charge < -0.3 is 19.8 Å². The van der Waals surface area contributed by atoms with Crippen LogP contribution < -0.4 is 10.6 Å². The number of anilines is 3. The number of nitriles is 1. The smallest absolute Gasteiger partial charge is 0.345 e. The molecule has 3 aromatic rings. The first kappa shape index (κ1) is 24.9. The topological polar surface area (TPSA) is 104 Å². The van der Waals surface area contributed by atoms with Gasteiger partial charge in [-0.2, -0.15) is 5.26 Å². The number of amides is 1. The number of hydrogen-bond donors (Lipinski definition) is 2. The minimum atomic E-state index is -0.723. The molecule has 174 valence electrons. The number of carbonyl (C=O) groups is 2. The lowest BCUT2D eigenvalue weighted by Crippen LogP contribution is -2.13. The van der Waals surface area contributed by atoms with Crippen LogP contribution in [0.25, 0.3) is 6.08 Å². The van der Waals surface area contributed by atoms with Gasteiger partial charge in [0.05, 0.1) is 6.61 Å². The average molecular weight is 498 g/mol. The Morgan fingerprint density at radius 1 is 1.12 bits per heavy atom. The van der Waals surface area contributed by atoms with Crippen molar-refractivity contribution >= 4 is 58.4 Å². The van der Waals surface area contributed by atoms with Crippen molar-refractivity contribution in [2.24, 2.45) is 0 Å². The molecule has 0 aliphatic heterocycles. The molecule has 9 heteroatoms. The molecule has 0 aliphatic carbocycles. The van der Waals surface area contributed by atoms with Crippen molar-refractivity contribution in [2.45, 2.75) is 20.8 Å². The fourth-order valence-electron chi connectivity index (χ4n) is 3.22. The highest BCUT2D eigenvalue weighted by molar-refractivity contribution is 6.36. The quantitative estimate of drug-likeness (QED) is 0.214. The first-order chi connectivity index (χ1) is 16.2. The Balaban J connectivity index is 1.98. The summed E-state index contributed by atoms with van der Waals surface area (Å²) in [4.78, 5) is 25.3. The van der Waals surface area contributed by atoms with Crippen molar-refractivity contribution in [3.8, 4) is 6.07 Å². The summed E-state index contributed by atoms with van der Waals surface area (Å²) in [5.41, 5.74) is 2.67. The Hall–Kier alpha value is -3.73. The van der Waals surface area contributed by atoms with Gasteiger partial charge in [0.15, 0.2) is 5.76 Å². The fraction of sp³-hybridized carbons (Fsp3) is 0.160. The van der Waals surface area contributed by atoms with Crippen molar-refractivity contribution in [2.75, 3.05) is 17.2 Å². The van der Waals surface area contributed by atoms with E-state index in [-0.39, 0.29) is 34.4 Å². The Labute approximate surface area is 206 Å². The molecule has 1 heterocycles. The van der Waals surface area contributed by atoms with E-state index in [0.29, 0.717) is 16.4 Å². The van der Waals surface area contributed by atoms with Gasteiger partial charge in [-0.3, -0.25) is 4.79 Å². The molecule has 0 bridgehead atoms. The van der Waals surface area contributed by atoms with Crippen molar-refractivity contribution in [3.63, 3.8) is 0 Å². The van der Waals surface area contributed by atoms with E-state index in [1.807, 2.05) is 26.0 Å². The normalized spacial score (nSPS) is 11.0. The van der Waals surface area contributed by atoms with Gasteiger partial charge in [-0.25, -0.2) is 4.79 Å². The van der Waals surface area contributed by atoms with Crippen LogP contribution in [0, 0.1) is 25.2 Å². The van der Waals surface area contributed by atoms with Gasteiger partial charge in [0.2, 0.25) is 5.88 Å². The highest BCUT2D eigenvalue weighted by Gasteiger charge is 2.26. The van der Waals surface area contributed by atoms with Crippen LogP contribution in [-0.2, 0) is 9.53 Å². The molecule has 7 nitrogen and oxygen atoms in total. The van der Waals surface area contributed by atoms with E-state index >= 15 is 0 Å². The molecule has 0 saturated heterocycles. The second-order valence-electron chi connectivity index (χ2n) is 7.34. The summed E-state index contributed by atoms with van der Waals surface area (Å²) >= 11 is 12.4. The van der Waals surface area contributed by atoms with E-state index in [9.17, 15) is 14.9 Å². The number of nitrogens with one attached hydrogen (secondary N) is 2. The Morgan fingerprint density at radius 2 is 1.82 bits per heavy atom. The first-order valence-electron chi connectivity index (χ1n) is 10.2. The number of ether oxygens (including phenoxy) is 1. The predicted octanol–water partition coefficient (Wildman–Crippen LogP) is 6.67. The summed E-state index contributed by atoms with van der Waals surface area (Å²) in [6, 6.07) is 14.1. The maximum Gasteiger partial charge on any atom is 0.345 e. The molecule has 1 amide bonds. The average Bonchev–Trinajstić information content (AvgIpc) is 3.05. The van der Waals surface area contributed by atoms with Gasteiger partial charge >= 0.3 is 5.97 Å². The predicted molar refractivity (Wildman–Crippen MR) is 133 cm³/mol. The van der Waals surface area contributed by atoms with Crippen LogP contribution in [0.4, 0.5) is 17.3 Å². The molecular formula is C25H21Cl2N3O4. The second kappa shape index (κ2) is 10.9. The zero-order chi connectivity index (χ0) is 24.8. The maximum absolute atomic E-state index is 12.7. The SMILES string of the molecule is CCOC(=O)c1c(Nc2cccc(Cl)c2)oc(/C=C(\C#N)C(=O)Nc2cc(C)cc(C)c2)c1Cl. The summed E-state index contributed by atoms with van der Waals surface area (Å²) in [6.07, 6.45) is 1.17. The molecular weight excluding hydrogens is 477 g/mol. The van der Waals surface area contributed by atoms with Gasteiger partial charge in [0, 0.05) is 22.5 Å². The molecule has 2 N–H and O–H groups in total. The lowest BCUT2D eigenvalue weighted by Gasteiger charge is -2.07. The summed E-state index contributed by atoms with van der Waals surface area (Å²) < 4.78 is 10.8. The van der Waals surface area contributed by atoms with Crippen LogP contribution in [0.2, 0.25) is 10.0 Å². The van der Waals surface area contributed by atoms with E-state index in [4.69, 9.17) is 32.4 Å². The van der Waals surface area contributed by atoms with Gasteiger partial charge in [-0.1, -0.05) is 35.3 Å². The summed E-state index contributed by atoms with van der Waals surface area (Å²) in [7, 11) is 0. The number of carbonyl (C=O) groups excluding carboxylic acids is 2. The van der Waals surface area contributed by atoms with Crippen molar-refractivity contribution < 1.29 is 18.7 Å². The van der Waals surface area contributed by atoms with Crippen molar-refractivity contribution in [1.82, 2.24) is 0 Å². The second-order valence-corrected chi connectivity index (χ2v) is 8.15. The number of hydrogen-bond acceptors (Lipinski definition) is 6. The molecule has 2 aromatic carbocycles. The molecule has 0 fully saturated rings. The molecule has 0 aliphatic rings. The van der Waals surface area contributed by atoms with E-state index < -0.39 is 11.9 Å². The number of halogens is 2. The van der Waals surface area contributed by atoms with Gasteiger partial charge in [0.1, 0.15) is 22.2 Å². The zero-order valence-corrected chi connectivity index (χ0v) is 20.2. The minimum Gasteiger partial charge on any atom is -0.462 e. The maximum atomic E-state index is 12.7. The number of esters is 1. The van der Waals surface area contributed by atoms with E-state index in [2.05, 4.69) is 10.6 Å². The van der Waals surface area contributed by atoms with E-state index in [1.54, 1.807) is 43.3 Å². The van der Waals surface area contributed by atoms with Gasteiger partial charge in [-0.15, -0.1) is 0 Å². The number of aryl methyl sites for hydroxylation is 2. The molecule has 0 unspecified atom stereocenters. The fourth-order valence-corrected chi connectivity index (χ4v) is 3.66. The highest BCUT2D eigenvalue weighted by atomic mass is 35.5. The van der Waals surface area contributed by atoms with Crippen molar-refractivity contribution in [1.29, 1.82) is 5.26 Å². The summed E-state index contributed by atoms with van der Waals surface area (Å²) in [5.74, 6) is -1.44. The van der Waals surface area contributed by atoms with Crippen LogP contribution >= 0.6 is 23.2 Å². The molecule has 0 atom stereocenters. The van der Waals surface area contributed by atoms with Crippen LogP contribution in [0.5, 0.6) is 0 Å². The number of furan rings is 1. The molecule has 0 spiro atoms. The lowest BCUT2D eigenvalue weighted by molar-refractivity contribution is -0.112. The molecule has 1 aromatic heterocycles. The molecule has 0 saturated carbocycles. The first-order valence-corrected chi connectivity index (χ1v) is 11.0. The molecule has 34 heavy (non-hydrogen) atoms. The number of rotatable bonds is 7. The van der Waals surface area contributed by atoms with E-state index in [1.165, 1.54) is 6.08 Å². The van der Waals surface area contributed by atoms with Crippen LogP contribution in [-0.4, -0.2) is 18.5 Å². The monoisotopic (exact) mass is 497 g/mol. The Kier molecular flexibility index (Phi) is 8.00. The third-order valence-electron chi connectivity index (χ3n) is 4.56. The van der Waals surface area contributed by atoms with Gasteiger partial charge in [-0.05, 0) is 62.2 Å². The standard InChI is InChI=1S/C25H21Cl2N3O4/c1-4-33-25(32)21-22(27)20(34-24(21)30-18-7-5-6-17(26)12-18)11-16(13-28)23(31)29-19-9-14(2)8-15(3)10-19/h5-12,30H,4H2,1-3H3,(H,29,31)/b16-11+. The van der Waals surface area contributed by atoms with Crippen molar-refractivity contribution in [3.05, 3.63) is 80.5 Å². The zero-order valence-electron chi connectivity index (χ0n) is 18.7.